The Morgan fingerprint density at radius 1 is 0.303 bits per heavy atom. The number of hydrogen-bond acceptors (Lipinski definition) is 4. The van der Waals surface area contributed by atoms with E-state index in [2.05, 4.69) is 50.5 Å². The molecule has 33 heavy (non-hydrogen) atoms. The zero-order valence-electron chi connectivity index (χ0n) is 17.7. The molecule has 170 valence electrons. The van der Waals surface area contributed by atoms with Crippen LogP contribution in [0.5, 0.6) is 0 Å². The summed E-state index contributed by atoms with van der Waals surface area (Å²) in [6.07, 6.45) is 0. The van der Waals surface area contributed by atoms with E-state index in [9.17, 15) is 0 Å². The summed E-state index contributed by atoms with van der Waals surface area (Å²) in [7, 11) is 0. The molecule has 4 rings (SSSR count). The van der Waals surface area contributed by atoms with Gasteiger partial charge in [0.25, 0.3) is 0 Å². The van der Waals surface area contributed by atoms with Crippen LogP contribution in [-0.2, 0) is 16.5 Å². The first-order valence-corrected chi connectivity index (χ1v) is 11.8. The van der Waals surface area contributed by atoms with Crippen molar-refractivity contribution < 1.29 is 16.5 Å². The SMILES string of the molecule is SC(=C(S)c1ccccc1)c1ccccc1.SC(=C(S)c1ccccc1)c1ccccc1.[Ni]. The van der Waals surface area contributed by atoms with Crippen LogP contribution in [0.25, 0.3) is 19.6 Å². The first kappa shape index (κ1) is 27.5. The van der Waals surface area contributed by atoms with Gasteiger partial charge in [-0.25, -0.2) is 0 Å². The van der Waals surface area contributed by atoms with Gasteiger partial charge in [-0.05, 0) is 22.3 Å². The van der Waals surface area contributed by atoms with Crippen LogP contribution < -0.4 is 0 Å². The van der Waals surface area contributed by atoms with Crippen LogP contribution in [-0.4, -0.2) is 0 Å². The predicted molar refractivity (Wildman–Crippen MR) is 155 cm³/mol. The minimum Gasteiger partial charge on any atom is -0.142 e. The van der Waals surface area contributed by atoms with Gasteiger partial charge in [-0.1, -0.05) is 121 Å². The molecule has 0 aromatic heterocycles. The molecule has 0 spiro atoms. The van der Waals surface area contributed by atoms with Crippen LogP contribution in [0.1, 0.15) is 22.3 Å². The van der Waals surface area contributed by atoms with Crippen molar-refractivity contribution in [1.82, 2.24) is 0 Å². The first-order valence-electron chi connectivity index (χ1n) is 10.0. The maximum absolute atomic E-state index is 4.53. The molecule has 0 aliphatic rings. The quantitative estimate of drug-likeness (QED) is 0.110. The van der Waals surface area contributed by atoms with E-state index in [1.54, 1.807) is 0 Å². The molecule has 5 heteroatoms. The Morgan fingerprint density at radius 3 is 0.606 bits per heavy atom. The summed E-state index contributed by atoms with van der Waals surface area (Å²) in [4.78, 5) is 3.59. The molecule has 0 saturated carbocycles. The smallest absolute Gasteiger partial charge is 0.0253 e. The molecule has 0 aliphatic heterocycles. The molecule has 0 amide bonds. The Labute approximate surface area is 228 Å². The number of thiol groups is 4. The molecular formula is C28H24NiS4. The normalized spacial score (nSPS) is 11.8. The maximum Gasteiger partial charge on any atom is 0.0253 e. The number of rotatable bonds is 4. The molecule has 0 unspecified atom stereocenters. The molecule has 0 fully saturated rings. The topological polar surface area (TPSA) is 0 Å². The van der Waals surface area contributed by atoms with Crippen LogP contribution in [0, 0.1) is 0 Å². The Bertz CT molecular complexity index is 982. The largest absolute Gasteiger partial charge is 0.142 e. The molecule has 0 radical (unpaired) electrons. The fourth-order valence-corrected chi connectivity index (χ4v) is 4.04. The van der Waals surface area contributed by atoms with Crippen LogP contribution in [0.2, 0.25) is 0 Å². The van der Waals surface area contributed by atoms with Crippen molar-refractivity contribution in [3.8, 4) is 0 Å². The van der Waals surface area contributed by atoms with E-state index in [0.717, 1.165) is 41.9 Å². The van der Waals surface area contributed by atoms with E-state index >= 15 is 0 Å². The number of benzene rings is 4. The minimum atomic E-state index is 0. The summed E-state index contributed by atoms with van der Waals surface area (Å²) < 4.78 is 0. The van der Waals surface area contributed by atoms with Crippen molar-refractivity contribution in [1.29, 1.82) is 0 Å². The fourth-order valence-electron chi connectivity index (χ4n) is 2.93. The van der Waals surface area contributed by atoms with Crippen molar-refractivity contribution in [2.75, 3.05) is 0 Å². The van der Waals surface area contributed by atoms with Crippen molar-refractivity contribution in [2.24, 2.45) is 0 Å². The van der Waals surface area contributed by atoms with E-state index < -0.39 is 0 Å². The molecular weight excluding hydrogens is 523 g/mol. The number of hydrogen-bond donors (Lipinski definition) is 4. The second kappa shape index (κ2) is 14.5. The molecule has 0 nitrogen and oxygen atoms in total. The Morgan fingerprint density at radius 2 is 0.455 bits per heavy atom. The van der Waals surface area contributed by atoms with Gasteiger partial charge in [-0.15, -0.1) is 50.5 Å². The third-order valence-electron chi connectivity index (χ3n) is 4.64. The standard InChI is InChI=1S/2C14H12S2.Ni/c2*15-13(11-7-3-1-4-8-11)14(16)12-9-5-2-6-10-12;/h2*1-10,15-16H;. The zero-order valence-corrected chi connectivity index (χ0v) is 22.2. The van der Waals surface area contributed by atoms with Gasteiger partial charge in [-0.3, -0.25) is 0 Å². The van der Waals surface area contributed by atoms with Crippen molar-refractivity contribution >= 4 is 70.1 Å². The van der Waals surface area contributed by atoms with Crippen molar-refractivity contribution in [2.45, 2.75) is 0 Å². The van der Waals surface area contributed by atoms with Gasteiger partial charge in [0.15, 0.2) is 0 Å². The van der Waals surface area contributed by atoms with Gasteiger partial charge in [0.05, 0.1) is 0 Å². The van der Waals surface area contributed by atoms with Gasteiger partial charge in [0, 0.05) is 36.1 Å². The van der Waals surface area contributed by atoms with Crippen LogP contribution in [0.4, 0.5) is 0 Å². The van der Waals surface area contributed by atoms with E-state index in [-0.39, 0.29) is 16.5 Å². The summed E-state index contributed by atoms with van der Waals surface area (Å²) in [6.45, 7) is 0. The minimum absolute atomic E-state index is 0. The monoisotopic (exact) mass is 546 g/mol. The maximum atomic E-state index is 4.53. The Hall–Kier alpha value is -1.75. The average Bonchev–Trinajstić information content (AvgIpc) is 2.89. The Balaban J connectivity index is 0.000000227. The molecule has 0 heterocycles. The van der Waals surface area contributed by atoms with Gasteiger partial charge in [-0.2, -0.15) is 0 Å². The first-order chi connectivity index (χ1) is 15.6. The van der Waals surface area contributed by atoms with Gasteiger partial charge in [0.2, 0.25) is 0 Å². The summed E-state index contributed by atoms with van der Waals surface area (Å²) >= 11 is 18.1. The predicted octanol–water partition coefficient (Wildman–Crippen LogP) is 8.74. The molecule has 0 saturated heterocycles. The van der Waals surface area contributed by atoms with E-state index in [1.807, 2.05) is 121 Å². The average molecular weight is 547 g/mol. The summed E-state index contributed by atoms with van der Waals surface area (Å²) in [5, 5.41) is 0. The molecule has 0 N–H and O–H groups in total. The Kier molecular flexibility index (Phi) is 12.1. The van der Waals surface area contributed by atoms with E-state index in [1.165, 1.54) is 0 Å². The fraction of sp³-hybridized carbons (Fsp3) is 0. The molecule has 0 atom stereocenters. The van der Waals surface area contributed by atoms with Gasteiger partial charge >= 0.3 is 0 Å². The van der Waals surface area contributed by atoms with Crippen molar-refractivity contribution in [3.63, 3.8) is 0 Å². The van der Waals surface area contributed by atoms with Crippen LogP contribution in [0.3, 0.4) is 0 Å². The zero-order chi connectivity index (χ0) is 22.8. The summed E-state index contributed by atoms with van der Waals surface area (Å²) in [5.41, 5.74) is 4.33. The van der Waals surface area contributed by atoms with E-state index in [0.29, 0.717) is 0 Å². The third-order valence-corrected chi connectivity index (χ3v) is 6.92. The van der Waals surface area contributed by atoms with E-state index in [4.69, 9.17) is 0 Å². The van der Waals surface area contributed by atoms with Crippen LogP contribution in [0.15, 0.2) is 121 Å². The summed E-state index contributed by atoms with van der Waals surface area (Å²) in [6, 6.07) is 40.2. The molecule has 0 bridgehead atoms. The van der Waals surface area contributed by atoms with Gasteiger partial charge < -0.3 is 0 Å². The third kappa shape index (κ3) is 8.20. The second-order valence-corrected chi connectivity index (χ2v) is 8.65. The molecule has 4 aromatic carbocycles. The molecule has 0 aliphatic carbocycles. The summed E-state index contributed by atoms with van der Waals surface area (Å²) in [5.74, 6) is 0. The second-order valence-electron chi connectivity index (χ2n) is 6.86. The van der Waals surface area contributed by atoms with Crippen LogP contribution >= 0.6 is 50.5 Å². The van der Waals surface area contributed by atoms with Gasteiger partial charge in [0.1, 0.15) is 0 Å². The molecule has 4 aromatic rings. The van der Waals surface area contributed by atoms with Crippen molar-refractivity contribution in [3.05, 3.63) is 144 Å².